The van der Waals surface area contributed by atoms with Crippen LogP contribution < -0.4 is 23.8 Å². The number of halogens is 4. The Balaban J connectivity index is 1.91. The summed E-state index contributed by atoms with van der Waals surface area (Å²) < 4.78 is 65.7. The molecule has 0 fully saturated rings. The SMILES string of the molecule is COc1ccc(CN2C(=O)C(CC(=O)O)OC(c3cccc(OC(F)(F)F)c3OC)c3cc(Cl)ccc32)c(OC)c1. The summed E-state index contributed by atoms with van der Waals surface area (Å²) in [5.74, 6) is -2.06. The van der Waals surface area contributed by atoms with Crippen LogP contribution in [0.4, 0.5) is 18.9 Å². The zero-order chi connectivity index (χ0) is 29.9. The number of para-hydroxylation sites is 1. The van der Waals surface area contributed by atoms with E-state index in [1.807, 2.05) is 0 Å². The van der Waals surface area contributed by atoms with E-state index in [4.69, 9.17) is 30.5 Å². The van der Waals surface area contributed by atoms with Crippen LogP contribution in [0.25, 0.3) is 0 Å². The predicted octanol–water partition coefficient (Wildman–Crippen LogP) is 5.76. The average molecular weight is 596 g/mol. The highest BCUT2D eigenvalue weighted by Crippen LogP contribution is 2.46. The number of hydrogen-bond donors (Lipinski definition) is 1. The molecule has 0 aromatic heterocycles. The van der Waals surface area contributed by atoms with Crippen LogP contribution in [0, 0.1) is 0 Å². The van der Waals surface area contributed by atoms with Gasteiger partial charge in [-0.3, -0.25) is 9.59 Å². The number of aliphatic carboxylic acids is 1. The zero-order valence-corrected chi connectivity index (χ0v) is 22.8. The first kappa shape index (κ1) is 29.8. The fraction of sp³-hybridized carbons (Fsp3) is 0.286. The van der Waals surface area contributed by atoms with Gasteiger partial charge in [0.2, 0.25) is 0 Å². The number of carboxylic acid groups (broad SMARTS) is 1. The third-order valence-corrected chi connectivity index (χ3v) is 6.54. The molecule has 2 unspecified atom stereocenters. The first-order chi connectivity index (χ1) is 19.4. The number of rotatable bonds is 9. The molecule has 0 spiro atoms. The van der Waals surface area contributed by atoms with Gasteiger partial charge in [-0.1, -0.05) is 23.7 Å². The molecule has 0 aliphatic carbocycles. The van der Waals surface area contributed by atoms with Crippen LogP contribution in [0.2, 0.25) is 5.02 Å². The number of alkyl halides is 3. The summed E-state index contributed by atoms with van der Waals surface area (Å²) in [5.41, 5.74) is 1.20. The number of nitrogens with zero attached hydrogens (tertiary/aromatic N) is 1. The Morgan fingerprint density at radius 2 is 1.76 bits per heavy atom. The lowest BCUT2D eigenvalue weighted by Gasteiger charge is -2.26. The molecule has 3 aromatic rings. The largest absolute Gasteiger partial charge is 0.573 e. The summed E-state index contributed by atoms with van der Waals surface area (Å²) in [5, 5.41) is 9.85. The molecule has 0 radical (unpaired) electrons. The average Bonchev–Trinajstić information content (AvgIpc) is 3.02. The monoisotopic (exact) mass is 595 g/mol. The fourth-order valence-corrected chi connectivity index (χ4v) is 4.76. The molecule has 218 valence electrons. The van der Waals surface area contributed by atoms with E-state index in [0.29, 0.717) is 22.7 Å². The normalized spacial score (nSPS) is 17.0. The summed E-state index contributed by atoms with van der Waals surface area (Å²) in [6, 6.07) is 13.4. The van der Waals surface area contributed by atoms with E-state index in [1.54, 1.807) is 24.3 Å². The molecule has 1 aliphatic heterocycles. The topological polar surface area (TPSA) is 104 Å². The van der Waals surface area contributed by atoms with Crippen molar-refractivity contribution in [2.24, 2.45) is 0 Å². The maximum absolute atomic E-state index is 13.9. The number of hydrogen-bond acceptors (Lipinski definition) is 7. The number of carbonyl (C=O) groups is 2. The van der Waals surface area contributed by atoms with Crippen LogP contribution in [0.3, 0.4) is 0 Å². The van der Waals surface area contributed by atoms with E-state index in [0.717, 1.165) is 13.2 Å². The molecule has 9 nitrogen and oxygen atoms in total. The summed E-state index contributed by atoms with van der Waals surface area (Å²) in [7, 11) is 4.09. The third-order valence-electron chi connectivity index (χ3n) is 6.31. The number of methoxy groups -OCH3 is 3. The second kappa shape index (κ2) is 12.1. The number of ether oxygens (including phenoxy) is 5. The number of anilines is 1. The van der Waals surface area contributed by atoms with Crippen LogP contribution in [-0.4, -0.2) is 50.8 Å². The van der Waals surface area contributed by atoms with Crippen LogP contribution in [-0.2, 0) is 20.9 Å². The van der Waals surface area contributed by atoms with Crippen LogP contribution in [0.15, 0.2) is 54.6 Å². The molecule has 1 heterocycles. The lowest BCUT2D eigenvalue weighted by molar-refractivity contribution is -0.275. The van der Waals surface area contributed by atoms with Gasteiger partial charge in [-0.05, 0) is 36.4 Å². The van der Waals surface area contributed by atoms with E-state index in [-0.39, 0.29) is 28.4 Å². The van der Waals surface area contributed by atoms with Crippen LogP contribution >= 0.6 is 11.6 Å². The van der Waals surface area contributed by atoms with E-state index in [1.165, 1.54) is 43.4 Å². The maximum atomic E-state index is 13.9. The molecule has 3 aromatic carbocycles. The molecule has 0 saturated carbocycles. The summed E-state index contributed by atoms with van der Waals surface area (Å²) in [6.07, 6.45) is -8.56. The highest BCUT2D eigenvalue weighted by Gasteiger charge is 2.40. The quantitative estimate of drug-likeness (QED) is 0.333. The van der Waals surface area contributed by atoms with E-state index in [9.17, 15) is 27.9 Å². The first-order valence-corrected chi connectivity index (χ1v) is 12.4. The summed E-state index contributed by atoms with van der Waals surface area (Å²) >= 11 is 6.33. The Kier molecular flexibility index (Phi) is 8.83. The Labute approximate surface area is 237 Å². The minimum absolute atomic E-state index is 0.0600. The van der Waals surface area contributed by atoms with Gasteiger partial charge in [-0.2, -0.15) is 0 Å². The van der Waals surface area contributed by atoms with Crippen molar-refractivity contribution in [2.75, 3.05) is 26.2 Å². The maximum Gasteiger partial charge on any atom is 0.573 e. The van der Waals surface area contributed by atoms with Gasteiger partial charge in [-0.25, -0.2) is 0 Å². The predicted molar refractivity (Wildman–Crippen MR) is 141 cm³/mol. The van der Waals surface area contributed by atoms with Gasteiger partial charge in [0.25, 0.3) is 5.91 Å². The number of benzene rings is 3. The van der Waals surface area contributed by atoms with Gasteiger partial charge in [0.1, 0.15) is 23.7 Å². The fourth-order valence-electron chi connectivity index (χ4n) is 4.58. The van der Waals surface area contributed by atoms with Gasteiger partial charge in [0.15, 0.2) is 11.5 Å². The molecule has 4 rings (SSSR count). The van der Waals surface area contributed by atoms with Crippen molar-refractivity contribution < 1.29 is 51.6 Å². The van der Waals surface area contributed by atoms with Crippen molar-refractivity contribution in [3.8, 4) is 23.0 Å². The van der Waals surface area contributed by atoms with E-state index in [2.05, 4.69) is 4.74 Å². The molecular formula is C28H25ClF3NO8. The van der Waals surface area contributed by atoms with E-state index >= 15 is 0 Å². The molecule has 41 heavy (non-hydrogen) atoms. The molecule has 0 bridgehead atoms. The van der Waals surface area contributed by atoms with Gasteiger partial charge in [-0.15, -0.1) is 13.2 Å². The molecule has 1 amide bonds. The Bertz CT molecular complexity index is 1450. The second-order valence-electron chi connectivity index (χ2n) is 8.83. The second-order valence-corrected chi connectivity index (χ2v) is 9.27. The minimum Gasteiger partial charge on any atom is -0.497 e. The van der Waals surface area contributed by atoms with Gasteiger partial charge in [0.05, 0.1) is 40.0 Å². The minimum atomic E-state index is -5.02. The van der Waals surface area contributed by atoms with Gasteiger partial charge in [0, 0.05) is 27.8 Å². The summed E-state index contributed by atoms with van der Waals surface area (Å²) in [6.45, 7) is -0.0683. The zero-order valence-electron chi connectivity index (χ0n) is 22.0. The molecule has 2 atom stereocenters. The van der Waals surface area contributed by atoms with E-state index < -0.39 is 42.6 Å². The standard InChI is InChI=1S/C28H25ClF3NO8/c1-37-17-9-7-15(22(12-17)38-2)14-33-20-10-8-16(29)11-19(20)25(40-23(27(33)36)13-24(34)35)18-5-4-6-21(26(18)39-3)41-28(30,31)32/h4-12,23,25H,13-14H2,1-3H3,(H,34,35). The van der Waals surface area contributed by atoms with Crippen molar-refractivity contribution in [1.82, 2.24) is 0 Å². The Hall–Kier alpha value is -4.16. The first-order valence-electron chi connectivity index (χ1n) is 12.1. The number of fused-ring (bicyclic) bond motifs is 1. The Morgan fingerprint density at radius 1 is 1.00 bits per heavy atom. The highest BCUT2D eigenvalue weighted by molar-refractivity contribution is 6.30. The lowest BCUT2D eigenvalue weighted by Crippen LogP contribution is -2.40. The van der Waals surface area contributed by atoms with Crippen molar-refractivity contribution >= 4 is 29.2 Å². The van der Waals surface area contributed by atoms with Crippen molar-refractivity contribution in [3.63, 3.8) is 0 Å². The molecular weight excluding hydrogens is 571 g/mol. The van der Waals surface area contributed by atoms with Crippen molar-refractivity contribution in [3.05, 3.63) is 76.3 Å². The molecule has 1 N–H and O–H groups in total. The smallest absolute Gasteiger partial charge is 0.497 e. The molecule has 13 heteroatoms. The summed E-state index contributed by atoms with van der Waals surface area (Å²) in [4.78, 5) is 27.0. The highest BCUT2D eigenvalue weighted by atomic mass is 35.5. The number of carbonyl (C=O) groups excluding carboxylic acids is 1. The Morgan fingerprint density at radius 3 is 2.39 bits per heavy atom. The number of amides is 1. The van der Waals surface area contributed by atoms with Crippen molar-refractivity contribution in [2.45, 2.75) is 31.5 Å². The third kappa shape index (κ3) is 6.60. The number of carboxylic acids is 1. The van der Waals surface area contributed by atoms with Crippen molar-refractivity contribution in [1.29, 1.82) is 0 Å². The van der Waals surface area contributed by atoms with Gasteiger partial charge >= 0.3 is 12.3 Å². The lowest BCUT2D eigenvalue weighted by atomic mass is 9.97. The van der Waals surface area contributed by atoms with Gasteiger partial charge < -0.3 is 33.7 Å². The van der Waals surface area contributed by atoms with Crippen LogP contribution in [0.1, 0.15) is 29.2 Å². The molecule has 0 saturated heterocycles. The molecule has 1 aliphatic rings. The van der Waals surface area contributed by atoms with Crippen LogP contribution in [0.5, 0.6) is 23.0 Å².